The molecule has 4 bridgehead atoms. The number of rotatable bonds is 4. The van der Waals surface area contributed by atoms with Crippen LogP contribution in [0.1, 0.15) is 38.5 Å². The second kappa shape index (κ2) is 4.48. The van der Waals surface area contributed by atoms with Crippen LogP contribution in [0.5, 0.6) is 0 Å². The van der Waals surface area contributed by atoms with Gasteiger partial charge < -0.3 is 0 Å². The molecule has 0 unspecified atom stereocenters. The first-order chi connectivity index (χ1) is 8.42. The van der Waals surface area contributed by atoms with Crippen LogP contribution in [0.15, 0.2) is 0 Å². The van der Waals surface area contributed by atoms with Gasteiger partial charge in [0.05, 0.1) is 5.75 Å². The van der Waals surface area contributed by atoms with E-state index in [2.05, 4.69) is 0 Å². The second-order valence-electron chi connectivity index (χ2n) is 6.42. The average molecular weight is 291 g/mol. The lowest BCUT2D eigenvalue weighted by molar-refractivity contribution is -0.135. The van der Waals surface area contributed by atoms with Crippen LogP contribution in [-0.4, -0.2) is 20.0 Å². The van der Waals surface area contributed by atoms with Crippen molar-refractivity contribution in [1.29, 1.82) is 0 Å². The van der Waals surface area contributed by atoms with Gasteiger partial charge in [-0.1, -0.05) is 0 Å². The fourth-order valence-electron chi connectivity index (χ4n) is 4.84. The van der Waals surface area contributed by atoms with Gasteiger partial charge in [-0.2, -0.15) is 0 Å². The van der Waals surface area contributed by atoms with Gasteiger partial charge in [0, 0.05) is 23.0 Å². The maximum Gasteiger partial charge on any atom is 0.233 e. The highest BCUT2D eigenvalue weighted by Gasteiger charge is 2.50. The number of carbonyl (C=O) groups is 1. The van der Waals surface area contributed by atoms with Crippen molar-refractivity contribution in [2.45, 2.75) is 38.5 Å². The van der Waals surface area contributed by atoms with Crippen molar-refractivity contribution in [3.63, 3.8) is 0 Å². The van der Waals surface area contributed by atoms with E-state index in [0.717, 1.165) is 11.8 Å². The van der Waals surface area contributed by atoms with Gasteiger partial charge in [-0.3, -0.25) is 4.79 Å². The van der Waals surface area contributed by atoms with E-state index in [1.54, 1.807) is 0 Å². The molecule has 4 rings (SSSR count). The summed E-state index contributed by atoms with van der Waals surface area (Å²) in [4.78, 5) is 12.3. The van der Waals surface area contributed by atoms with E-state index in [9.17, 15) is 13.2 Å². The van der Waals surface area contributed by atoms with Crippen LogP contribution in [0.25, 0.3) is 0 Å². The third kappa shape index (κ3) is 2.46. The number of hydrogen-bond donors (Lipinski definition) is 0. The van der Waals surface area contributed by atoms with Crippen LogP contribution in [0.2, 0.25) is 0 Å². The normalized spacial score (nSPS) is 42.2. The van der Waals surface area contributed by atoms with Crippen molar-refractivity contribution in [3.8, 4) is 0 Å². The van der Waals surface area contributed by atoms with E-state index < -0.39 is 9.05 Å². The molecule has 4 aliphatic carbocycles. The van der Waals surface area contributed by atoms with Crippen molar-refractivity contribution < 1.29 is 13.2 Å². The van der Waals surface area contributed by atoms with Crippen LogP contribution >= 0.6 is 10.7 Å². The summed E-state index contributed by atoms with van der Waals surface area (Å²) in [6, 6.07) is 0. The lowest BCUT2D eigenvalue weighted by atomic mass is 9.51. The van der Waals surface area contributed by atoms with Crippen LogP contribution in [0.4, 0.5) is 0 Å². The van der Waals surface area contributed by atoms with Gasteiger partial charge in [0.2, 0.25) is 9.05 Å². The summed E-state index contributed by atoms with van der Waals surface area (Å²) in [7, 11) is 1.65. The highest BCUT2D eigenvalue weighted by molar-refractivity contribution is 8.13. The quantitative estimate of drug-likeness (QED) is 0.748. The Labute approximate surface area is 113 Å². The van der Waals surface area contributed by atoms with Gasteiger partial charge in [-0.15, -0.1) is 0 Å². The minimum Gasteiger partial charge on any atom is -0.299 e. The first-order valence-corrected chi connectivity index (χ1v) is 9.35. The molecule has 18 heavy (non-hydrogen) atoms. The van der Waals surface area contributed by atoms with Crippen molar-refractivity contribution in [1.82, 2.24) is 0 Å². The minimum absolute atomic E-state index is 0.110. The molecular formula is C13H19ClO3S. The Morgan fingerprint density at radius 3 is 1.94 bits per heavy atom. The maximum atomic E-state index is 12.3. The van der Waals surface area contributed by atoms with E-state index in [0.29, 0.717) is 11.8 Å². The SMILES string of the molecule is O=C(CCS(=O)(=O)Cl)C1C2CC3CC(C2)CC1C3. The zero-order valence-corrected chi connectivity index (χ0v) is 11.9. The zero-order chi connectivity index (χ0) is 12.9. The minimum atomic E-state index is -3.53. The average Bonchev–Trinajstić information content (AvgIpc) is 2.23. The second-order valence-corrected chi connectivity index (χ2v) is 9.31. The van der Waals surface area contributed by atoms with E-state index >= 15 is 0 Å². The number of ketones is 1. The number of hydrogen-bond acceptors (Lipinski definition) is 3. The molecule has 0 aliphatic heterocycles. The van der Waals surface area contributed by atoms with E-state index in [-0.39, 0.29) is 23.9 Å². The third-order valence-corrected chi connectivity index (χ3v) is 6.35. The molecule has 0 aromatic heterocycles. The molecule has 0 heterocycles. The molecule has 0 N–H and O–H groups in total. The summed E-state index contributed by atoms with van der Waals surface area (Å²) in [5.41, 5.74) is 0. The summed E-state index contributed by atoms with van der Waals surface area (Å²) in [5.74, 6) is 2.83. The molecule has 0 atom stereocenters. The smallest absolute Gasteiger partial charge is 0.233 e. The Morgan fingerprint density at radius 1 is 1.00 bits per heavy atom. The lowest BCUT2D eigenvalue weighted by Crippen LogP contribution is -2.48. The molecule has 0 aromatic rings. The first-order valence-electron chi connectivity index (χ1n) is 6.87. The molecule has 0 spiro atoms. The molecule has 0 saturated heterocycles. The van der Waals surface area contributed by atoms with E-state index in [1.807, 2.05) is 0 Å². The Bertz CT molecular complexity index is 429. The van der Waals surface area contributed by atoms with Gasteiger partial charge in [0.1, 0.15) is 5.78 Å². The van der Waals surface area contributed by atoms with Crippen LogP contribution in [0.3, 0.4) is 0 Å². The fraction of sp³-hybridized carbons (Fsp3) is 0.923. The Hall–Kier alpha value is -0.0900. The highest BCUT2D eigenvalue weighted by atomic mass is 35.7. The Morgan fingerprint density at radius 2 is 1.50 bits per heavy atom. The highest BCUT2D eigenvalue weighted by Crippen LogP contribution is 2.56. The fourth-order valence-corrected chi connectivity index (χ4v) is 5.52. The number of halogens is 1. The Balaban J connectivity index is 1.67. The van der Waals surface area contributed by atoms with Gasteiger partial charge in [-0.05, 0) is 55.8 Å². The predicted molar refractivity (Wildman–Crippen MR) is 69.8 cm³/mol. The van der Waals surface area contributed by atoms with Crippen molar-refractivity contribution in [2.75, 3.05) is 5.75 Å². The largest absolute Gasteiger partial charge is 0.299 e. The van der Waals surface area contributed by atoms with Gasteiger partial charge in [-0.25, -0.2) is 8.42 Å². The molecule has 5 heteroatoms. The van der Waals surface area contributed by atoms with Crippen LogP contribution in [-0.2, 0) is 13.8 Å². The van der Waals surface area contributed by atoms with Crippen LogP contribution in [0, 0.1) is 29.6 Å². The molecule has 4 aliphatic rings. The monoisotopic (exact) mass is 290 g/mol. The maximum absolute atomic E-state index is 12.3. The molecule has 3 nitrogen and oxygen atoms in total. The van der Waals surface area contributed by atoms with Gasteiger partial charge in [0.25, 0.3) is 0 Å². The summed E-state index contributed by atoms with van der Waals surface area (Å²) < 4.78 is 21.9. The summed E-state index contributed by atoms with van der Waals surface area (Å²) in [6.45, 7) is 0. The molecule has 0 radical (unpaired) electrons. The standard InChI is InChI=1S/C13H19ClO3S/c14-18(16,17)2-1-12(15)13-10-4-8-3-9(6-10)7-11(13)5-8/h8-11,13H,1-7H2. The van der Waals surface area contributed by atoms with Crippen molar-refractivity contribution >= 4 is 25.5 Å². The summed E-state index contributed by atoms with van der Waals surface area (Å²) >= 11 is 0. The topological polar surface area (TPSA) is 51.2 Å². The molecule has 0 aromatic carbocycles. The van der Waals surface area contributed by atoms with E-state index in [1.165, 1.54) is 32.1 Å². The molecule has 102 valence electrons. The summed E-state index contributed by atoms with van der Waals surface area (Å²) in [6.07, 6.45) is 6.24. The molecule has 4 saturated carbocycles. The summed E-state index contributed by atoms with van der Waals surface area (Å²) in [5, 5.41) is 0. The van der Waals surface area contributed by atoms with E-state index in [4.69, 9.17) is 10.7 Å². The van der Waals surface area contributed by atoms with Gasteiger partial charge in [0.15, 0.2) is 0 Å². The number of carbonyl (C=O) groups excluding carboxylic acids is 1. The lowest BCUT2D eigenvalue weighted by Gasteiger charge is -2.53. The van der Waals surface area contributed by atoms with Crippen LogP contribution < -0.4 is 0 Å². The third-order valence-electron chi connectivity index (χ3n) is 5.19. The molecular weight excluding hydrogens is 272 g/mol. The number of Topliss-reactive ketones (excluding diaryl/α,β-unsaturated/α-hetero) is 1. The van der Waals surface area contributed by atoms with Gasteiger partial charge >= 0.3 is 0 Å². The molecule has 0 amide bonds. The first kappa shape index (κ1) is 12.9. The Kier molecular flexibility index (Phi) is 3.22. The van der Waals surface area contributed by atoms with Crippen molar-refractivity contribution in [3.05, 3.63) is 0 Å². The predicted octanol–water partition coefficient (Wildman–Crippen LogP) is 2.59. The van der Waals surface area contributed by atoms with Crippen molar-refractivity contribution in [2.24, 2.45) is 29.6 Å². The molecule has 4 fully saturated rings. The zero-order valence-electron chi connectivity index (χ0n) is 10.3.